The Bertz CT molecular complexity index is 262. The van der Waals surface area contributed by atoms with Gasteiger partial charge in [0.1, 0.15) is 11.7 Å². The Labute approximate surface area is 85.1 Å². The van der Waals surface area contributed by atoms with E-state index < -0.39 is 11.2 Å². The molecule has 2 unspecified atom stereocenters. The van der Waals surface area contributed by atoms with Crippen LogP contribution in [0.1, 0.15) is 34.6 Å². The maximum absolute atomic E-state index is 11.7. The van der Waals surface area contributed by atoms with Crippen molar-refractivity contribution < 1.29 is 14.3 Å². The molecule has 1 aliphatic rings. The lowest BCUT2D eigenvalue weighted by Gasteiger charge is -2.21. The highest BCUT2D eigenvalue weighted by Crippen LogP contribution is 2.39. The SMILES string of the molecule is C/C=C\C1(C(=O)OC(C)(C)C)OC1C. The molecule has 0 bridgehead atoms. The van der Waals surface area contributed by atoms with Crippen LogP contribution in [0, 0.1) is 0 Å². The number of hydrogen-bond acceptors (Lipinski definition) is 3. The summed E-state index contributed by atoms with van der Waals surface area (Å²) < 4.78 is 10.6. The first kappa shape index (κ1) is 11.2. The summed E-state index contributed by atoms with van der Waals surface area (Å²) in [5, 5.41) is 0. The highest BCUT2D eigenvalue weighted by molar-refractivity contribution is 5.86. The molecule has 0 radical (unpaired) electrons. The average molecular weight is 198 g/mol. The molecule has 2 atom stereocenters. The van der Waals surface area contributed by atoms with Gasteiger partial charge in [0.25, 0.3) is 0 Å². The van der Waals surface area contributed by atoms with E-state index in [1.54, 1.807) is 6.08 Å². The van der Waals surface area contributed by atoms with Crippen LogP contribution < -0.4 is 0 Å². The largest absolute Gasteiger partial charge is 0.458 e. The van der Waals surface area contributed by atoms with Crippen molar-refractivity contribution in [2.24, 2.45) is 0 Å². The van der Waals surface area contributed by atoms with E-state index >= 15 is 0 Å². The van der Waals surface area contributed by atoms with Crippen molar-refractivity contribution in [3.8, 4) is 0 Å². The van der Waals surface area contributed by atoms with Crippen LogP contribution in [0.2, 0.25) is 0 Å². The molecule has 1 fully saturated rings. The fraction of sp³-hybridized carbons (Fsp3) is 0.727. The lowest BCUT2D eigenvalue weighted by molar-refractivity contribution is -0.159. The standard InChI is InChI=1S/C11H18O3/c1-6-7-11(8(2)13-11)9(12)14-10(3,4)5/h6-8H,1-5H3/b7-6-. The van der Waals surface area contributed by atoms with E-state index in [9.17, 15) is 4.79 Å². The Hall–Kier alpha value is -0.830. The molecule has 1 aliphatic heterocycles. The van der Waals surface area contributed by atoms with E-state index in [1.807, 2.05) is 40.7 Å². The number of hydrogen-bond donors (Lipinski definition) is 0. The van der Waals surface area contributed by atoms with Gasteiger partial charge in [-0.15, -0.1) is 0 Å². The minimum Gasteiger partial charge on any atom is -0.458 e. The van der Waals surface area contributed by atoms with E-state index in [4.69, 9.17) is 9.47 Å². The van der Waals surface area contributed by atoms with Crippen LogP contribution in [0.5, 0.6) is 0 Å². The Balaban J connectivity index is 2.69. The van der Waals surface area contributed by atoms with Crippen molar-refractivity contribution in [2.45, 2.75) is 51.9 Å². The Morgan fingerprint density at radius 2 is 2.00 bits per heavy atom. The van der Waals surface area contributed by atoms with E-state index in [0.29, 0.717) is 0 Å². The summed E-state index contributed by atoms with van der Waals surface area (Å²) in [7, 11) is 0. The highest BCUT2D eigenvalue weighted by atomic mass is 16.7. The van der Waals surface area contributed by atoms with Gasteiger partial charge in [-0.05, 0) is 40.7 Å². The maximum Gasteiger partial charge on any atom is 0.345 e. The summed E-state index contributed by atoms with van der Waals surface area (Å²) in [6.45, 7) is 9.27. The highest BCUT2D eigenvalue weighted by Gasteiger charge is 2.59. The van der Waals surface area contributed by atoms with Gasteiger partial charge in [0.05, 0.1) is 0 Å². The molecule has 0 aromatic rings. The van der Waals surface area contributed by atoms with Gasteiger partial charge in [-0.25, -0.2) is 4.79 Å². The number of rotatable bonds is 2. The Kier molecular flexibility index (Phi) is 2.72. The number of ether oxygens (including phenoxy) is 2. The minimum atomic E-state index is -0.817. The summed E-state index contributed by atoms with van der Waals surface area (Å²) >= 11 is 0. The van der Waals surface area contributed by atoms with Crippen molar-refractivity contribution in [3.05, 3.63) is 12.2 Å². The van der Waals surface area contributed by atoms with Gasteiger partial charge in [0.15, 0.2) is 0 Å². The molecule has 0 aliphatic carbocycles. The molecular formula is C11H18O3. The first-order valence-corrected chi connectivity index (χ1v) is 4.87. The van der Waals surface area contributed by atoms with Gasteiger partial charge >= 0.3 is 5.97 Å². The second-order valence-electron chi connectivity index (χ2n) is 4.56. The van der Waals surface area contributed by atoms with E-state index in [-0.39, 0.29) is 12.1 Å². The molecule has 80 valence electrons. The normalized spacial score (nSPS) is 31.9. The fourth-order valence-electron chi connectivity index (χ4n) is 1.32. The molecule has 1 rings (SSSR count). The minimum absolute atomic E-state index is 0.0754. The Morgan fingerprint density at radius 3 is 2.29 bits per heavy atom. The van der Waals surface area contributed by atoms with Gasteiger partial charge < -0.3 is 9.47 Å². The molecule has 1 heterocycles. The summed E-state index contributed by atoms with van der Waals surface area (Å²) in [5.41, 5.74) is -1.28. The molecule has 3 nitrogen and oxygen atoms in total. The third kappa shape index (κ3) is 2.15. The first-order valence-electron chi connectivity index (χ1n) is 4.87. The molecular weight excluding hydrogens is 180 g/mol. The number of esters is 1. The van der Waals surface area contributed by atoms with Crippen LogP contribution in [0.15, 0.2) is 12.2 Å². The smallest absolute Gasteiger partial charge is 0.345 e. The second kappa shape index (κ2) is 3.39. The number of carbonyl (C=O) groups excluding carboxylic acids is 1. The Morgan fingerprint density at radius 1 is 1.50 bits per heavy atom. The quantitative estimate of drug-likeness (QED) is 0.387. The molecule has 0 N–H and O–H groups in total. The van der Waals surface area contributed by atoms with Crippen LogP contribution in [0.25, 0.3) is 0 Å². The molecule has 0 spiro atoms. The molecule has 0 saturated carbocycles. The average Bonchev–Trinajstić information content (AvgIpc) is 2.60. The van der Waals surface area contributed by atoms with Crippen LogP contribution in [0.3, 0.4) is 0 Å². The number of epoxide rings is 1. The number of allylic oxidation sites excluding steroid dienone is 1. The molecule has 14 heavy (non-hydrogen) atoms. The van der Waals surface area contributed by atoms with Crippen molar-refractivity contribution >= 4 is 5.97 Å². The van der Waals surface area contributed by atoms with E-state index in [1.165, 1.54) is 0 Å². The van der Waals surface area contributed by atoms with Crippen molar-refractivity contribution in [3.63, 3.8) is 0 Å². The monoisotopic (exact) mass is 198 g/mol. The van der Waals surface area contributed by atoms with Crippen molar-refractivity contribution in [1.82, 2.24) is 0 Å². The predicted octanol–water partition coefficient (Wildman–Crippen LogP) is 2.06. The third-order valence-electron chi connectivity index (χ3n) is 2.05. The molecule has 1 saturated heterocycles. The van der Waals surface area contributed by atoms with Gasteiger partial charge in [-0.3, -0.25) is 0 Å². The summed E-state index contributed by atoms with van der Waals surface area (Å²) in [4.78, 5) is 11.7. The number of carbonyl (C=O) groups is 1. The third-order valence-corrected chi connectivity index (χ3v) is 2.05. The summed E-state index contributed by atoms with van der Waals surface area (Å²) in [6, 6.07) is 0. The van der Waals surface area contributed by atoms with Gasteiger partial charge in [-0.1, -0.05) is 6.08 Å². The van der Waals surface area contributed by atoms with Crippen molar-refractivity contribution in [1.29, 1.82) is 0 Å². The van der Waals surface area contributed by atoms with Crippen LogP contribution in [-0.4, -0.2) is 23.3 Å². The molecule has 0 aromatic carbocycles. The summed E-state index contributed by atoms with van der Waals surface area (Å²) in [6.07, 6.45) is 3.49. The zero-order chi connectivity index (χ0) is 11.0. The van der Waals surface area contributed by atoms with Crippen LogP contribution in [-0.2, 0) is 14.3 Å². The second-order valence-corrected chi connectivity index (χ2v) is 4.56. The topological polar surface area (TPSA) is 38.8 Å². The first-order chi connectivity index (χ1) is 6.32. The zero-order valence-corrected chi connectivity index (χ0v) is 9.46. The predicted molar refractivity (Wildman–Crippen MR) is 53.9 cm³/mol. The van der Waals surface area contributed by atoms with E-state index in [2.05, 4.69) is 0 Å². The maximum atomic E-state index is 11.7. The fourth-order valence-corrected chi connectivity index (χ4v) is 1.32. The summed E-state index contributed by atoms with van der Waals surface area (Å²) in [5.74, 6) is -0.296. The van der Waals surface area contributed by atoms with Gasteiger partial charge in [0.2, 0.25) is 5.60 Å². The molecule has 0 amide bonds. The van der Waals surface area contributed by atoms with Gasteiger partial charge in [0, 0.05) is 0 Å². The molecule has 0 aromatic heterocycles. The van der Waals surface area contributed by atoms with E-state index in [0.717, 1.165) is 0 Å². The van der Waals surface area contributed by atoms with Crippen molar-refractivity contribution in [2.75, 3.05) is 0 Å². The zero-order valence-electron chi connectivity index (χ0n) is 9.46. The van der Waals surface area contributed by atoms with Crippen LogP contribution >= 0.6 is 0 Å². The lowest BCUT2D eigenvalue weighted by atomic mass is 10.1. The van der Waals surface area contributed by atoms with Crippen LogP contribution in [0.4, 0.5) is 0 Å². The molecule has 3 heteroatoms. The lowest BCUT2D eigenvalue weighted by Crippen LogP contribution is -2.34. The van der Waals surface area contributed by atoms with Gasteiger partial charge in [-0.2, -0.15) is 0 Å².